The van der Waals surface area contributed by atoms with Crippen LogP contribution < -0.4 is 4.74 Å². The largest absolute Gasteiger partial charge is 0.507 e. The summed E-state index contributed by atoms with van der Waals surface area (Å²) in [5.41, 5.74) is 4.15. The average Bonchev–Trinajstić information content (AvgIpc) is 3.46. The van der Waals surface area contributed by atoms with Crippen LogP contribution in [-0.2, 0) is 29.0 Å². The molecule has 0 bridgehead atoms. The fourth-order valence-corrected chi connectivity index (χ4v) is 5.60. The number of carbonyl (C=O) groups is 2. The molecule has 2 heterocycles. The molecule has 3 aromatic rings. The number of ketones is 1. The number of ether oxygens (including phenoxy) is 1. The zero-order chi connectivity index (χ0) is 22.9. The summed E-state index contributed by atoms with van der Waals surface area (Å²) in [6.45, 7) is 0.262. The van der Waals surface area contributed by atoms with Crippen LogP contribution in [0, 0.1) is 0 Å². The molecule has 1 aliphatic carbocycles. The molecule has 1 fully saturated rings. The molecule has 1 N–H and O–H groups in total. The first-order chi connectivity index (χ1) is 16.1. The van der Waals surface area contributed by atoms with Gasteiger partial charge in [-0.1, -0.05) is 30.3 Å². The maximum Gasteiger partial charge on any atom is 0.295 e. The van der Waals surface area contributed by atoms with Crippen LogP contribution in [0.25, 0.3) is 5.76 Å². The Morgan fingerprint density at radius 1 is 1.06 bits per heavy atom. The lowest BCUT2D eigenvalue weighted by Gasteiger charge is -2.24. The molecule has 1 saturated heterocycles. The number of fused-ring (bicyclic) bond motifs is 1. The molecule has 168 valence electrons. The van der Waals surface area contributed by atoms with Crippen LogP contribution in [0.5, 0.6) is 5.75 Å². The Bertz CT molecular complexity index is 1230. The predicted molar refractivity (Wildman–Crippen MR) is 128 cm³/mol. The van der Waals surface area contributed by atoms with Gasteiger partial charge in [0.25, 0.3) is 11.7 Å². The first-order valence-corrected chi connectivity index (χ1v) is 12.0. The van der Waals surface area contributed by atoms with Gasteiger partial charge in [-0.2, -0.15) is 0 Å². The van der Waals surface area contributed by atoms with E-state index < -0.39 is 17.7 Å². The molecule has 1 unspecified atom stereocenters. The number of rotatable bonds is 5. The van der Waals surface area contributed by atoms with Crippen molar-refractivity contribution in [2.45, 2.75) is 38.3 Å². The number of hydrogen-bond donors (Lipinski definition) is 1. The van der Waals surface area contributed by atoms with E-state index in [9.17, 15) is 14.7 Å². The third-order valence-electron chi connectivity index (χ3n) is 6.49. The number of nitrogens with zero attached hydrogens (tertiary/aromatic N) is 1. The second-order valence-electron chi connectivity index (χ2n) is 8.48. The molecule has 2 aliphatic rings. The van der Waals surface area contributed by atoms with Gasteiger partial charge in [-0.3, -0.25) is 9.59 Å². The number of aryl methyl sites for hydroxylation is 2. The van der Waals surface area contributed by atoms with Gasteiger partial charge in [0.15, 0.2) is 0 Å². The van der Waals surface area contributed by atoms with E-state index in [-0.39, 0.29) is 17.9 Å². The lowest BCUT2D eigenvalue weighted by Crippen LogP contribution is -2.28. The summed E-state index contributed by atoms with van der Waals surface area (Å²) in [5, 5.41) is 13.2. The Balaban J connectivity index is 1.57. The van der Waals surface area contributed by atoms with Crippen LogP contribution in [0.4, 0.5) is 0 Å². The van der Waals surface area contributed by atoms with E-state index in [0.29, 0.717) is 5.56 Å². The van der Waals surface area contributed by atoms with Gasteiger partial charge in [-0.05, 0) is 72.0 Å². The standard InChI is InChI=1S/C27H25NO4S/c1-32-21-12-8-17(9-13-21)16-28-24(22-7-4-14-33-22)23(26(30)27(28)31)25(29)20-11-10-18-5-2-3-6-19(18)15-20/h4,7-15,24,29H,2-3,5-6,16H2,1H3/b25-23-. The van der Waals surface area contributed by atoms with Crippen molar-refractivity contribution in [2.75, 3.05) is 7.11 Å². The van der Waals surface area contributed by atoms with Gasteiger partial charge in [-0.25, -0.2) is 0 Å². The smallest absolute Gasteiger partial charge is 0.295 e. The van der Waals surface area contributed by atoms with E-state index in [1.807, 2.05) is 60.0 Å². The molecule has 5 nitrogen and oxygen atoms in total. The van der Waals surface area contributed by atoms with Gasteiger partial charge < -0.3 is 14.7 Å². The minimum absolute atomic E-state index is 0.0997. The third kappa shape index (κ3) is 3.95. The quantitative estimate of drug-likeness (QED) is 0.321. The monoisotopic (exact) mass is 459 g/mol. The number of amides is 1. The number of carbonyl (C=O) groups excluding carboxylic acids is 2. The molecule has 1 atom stereocenters. The molecule has 2 aromatic carbocycles. The molecule has 33 heavy (non-hydrogen) atoms. The summed E-state index contributed by atoms with van der Waals surface area (Å²) < 4.78 is 5.22. The second kappa shape index (κ2) is 8.87. The third-order valence-corrected chi connectivity index (χ3v) is 7.41. The van der Waals surface area contributed by atoms with Crippen LogP contribution in [0.3, 0.4) is 0 Å². The van der Waals surface area contributed by atoms with Crippen molar-refractivity contribution >= 4 is 28.8 Å². The Kier molecular flexibility index (Phi) is 5.77. The number of benzene rings is 2. The topological polar surface area (TPSA) is 66.8 Å². The van der Waals surface area contributed by atoms with Crippen LogP contribution in [-0.4, -0.2) is 28.8 Å². The Morgan fingerprint density at radius 2 is 1.82 bits per heavy atom. The zero-order valence-corrected chi connectivity index (χ0v) is 19.2. The fourth-order valence-electron chi connectivity index (χ4n) is 4.75. The minimum Gasteiger partial charge on any atom is -0.507 e. The number of thiophene rings is 1. The van der Waals surface area contributed by atoms with Crippen LogP contribution in [0.15, 0.2) is 65.6 Å². The van der Waals surface area contributed by atoms with Crippen molar-refractivity contribution in [3.63, 3.8) is 0 Å². The molecule has 1 aromatic heterocycles. The molecule has 0 saturated carbocycles. The number of methoxy groups -OCH3 is 1. The Morgan fingerprint density at radius 3 is 2.52 bits per heavy atom. The molecule has 5 rings (SSSR count). The average molecular weight is 460 g/mol. The summed E-state index contributed by atoms with van der Waals surface area (Å²) in [6, 6.07) is 16.5. The lowest BCUT2D eigenvalue weighted by atomic mass is 9.89. The SMILES string of the molecule is COc1ccc(CN2C(=O)C(=O)/C(=C(\O)c3ccc4c(c3)CCCC4)C2c2cccs2)cc1. The fraction of sp³-hybridized carbons (Fsp3) is 0.259. The molecule has 0 spiro atoms. The maximum absolute atomic E-state index is 13.2. The Hall–Kier alpha value is -3.38. The highest BCUT2D eigenvalue weighted by Gasteiger charge is 2.46. The first-order valence-electron chi connectivity index (χ1n) is 11.1. The number of likely N-dealkylation sites (tertiary alicyclic amines) is 1. The van der Waals surface area contributed by atoms with E-state index >= 15 is 0 Å². The van der Waals surface area contributed by atoms with Crippen molar-refractivity contribution in [2.24, 2.45) is 0 Å². The van der Waals surface area contributed by atoms with E-state index in [2.05, 4.69) is 0 Å². The van der Waals surface area contributed by atoms with E-state index in [4.69, 9.17) is 4.74 Å². The molecular weight excluding hydrogens is 434 g/mol. The number of aliphatic hydroxyl groups is 1. The van der Waals surface area contributed by atoms with Crippen molar-refractivity contribution in [3.05, 3.63) is 92.7 Å². The normalized spacial score (nSPS) is 19.5. The summed E-state index contributed by atoms with van der Waals surface area (Å²) in [6.07, 6.45) is 4.31. The van der Waals surface area contributed by atoms with Crippen molar-refractivity contribution in [1.29, 1.82) is 0 Å². The number of hydrogen-bond acceptors (Lipinski definition) is 5. The number of Topliss-reactive ketones (excluding diaryl/α,β-unsaturated/α-hetero) is 1. The lowest BCUT2D eigenvalue weighted by molar-refractivity contribution is -0.140. The zero-order valence-electron chi connectivity index (χ0n) is 18.4. The summed E-state index contributed by atoms with van der Waals surface area (Å²) in [7, 11) is 1.60. The summed E-state index contributed by atoms with van der Waals surface area (Å²) in [5.74, 6) is -0.610. The van der Waals surface area contributed by atoms with E-state index in [1.54, 1.807) is 12.0 Å². The Labute approximate surface area is 196 Å². The van der Waals surface area contributed by atoms with Gasteiger partial charge >= 0.3 is 0 Å². The molecular formula is C27H25NO4S. The summed E-state index contributed by atoms with van der Waals surface area (Å²) >= 11 is 1.47. The van der Waals surface area contributed by atoms with Gasteiger partial charge in [0, 0.05) is 17.0 Å². The van der Waals surface area contributed by atoms with Crippen molar-refractivity contribution < 1.29 is 19.4 Å². The molecule has 0 radical (unpaired) electrons. The highest BCUT2D eigenvalue weighted by atomic mass is 32.1. The van der Waals surface area contributed by atoms with Gasteiger partial charge in [0.1, 0.15) is 11.5 Å². The minimum atomic E-state index is -0.642. The molecule has 6 heteroatoms. The second-order valence-corrected chi connectivity index (χ2v) is 9.46. The van der Waals surface area contributed by atoms with Gasteiger partial charge in [-0.15, -0.1) is 11.3 Å². The van der Waals surface area contributed by atoms with Crippen molar-refractivity contribution in [3.8, 4) is 5.75 Å². The summed E-state index contributed by atoms with van der Waals surface area (Å²) in [4.78, 5) is 28.7. The molecule has 1 aliphatic heterocycles. The van der Waals surface area contributed by atoms with Crippen LogP contribution >= 0.6 is 11.3 Å². The first kappa shape index (κ1) is 21.5. The van der Waals surface area contributed by atoms with Crippen molar-refractivity contribution in [1.82, 2.24) is 4.90 Å². The highest BCUT2D eigenvalue weighted by molar-refractivity contribution is 7.10. The van der Waals surface area contributed by atoms with Gasteiger partial charge in [0.05, 0.1) is 18.7 Å². The maximum atomic E-state index is 13.2. The van der Waals surface area contributed by atoms with E-state index in [0.717, 1.165) is 35.5 Å². The van der Waals surface area contributed by atoms with Crippen LogP contribution in [0.2, 0.25) is 0 Å². The highest BCUT2D eigenvalue weighted by Crippen LogP contribution is 2.42. The van der Waals surface area contributed by atoms with Crippen LogP contribution in [0.1, 0.15) is 46.0 Å². The number of aliphatic hydroxyl groups excluding tert-OH is 1. The predicted octanol–water partition coefficient (Wildman–Crippen LogP) is 5.26. The van der Waals surface area contributed by atoms with E-state index in [1.165, 1.54) is 28.9 Å². The van der Waals surface area contributed by atoms with Gasteiger partial charge in [0.2, 0.25) is 0 Å². The molecule has 1 amide bonds.